The molecule has 0 aromatic carbocycles. The zero-order chi connectivity index (χ0) is 14.8. The number of amides is 1. The first kappa shape index (κ1) is 14.6. The summed E-state index contributed by atoms with van der Waals surface area (Å²) < 4.78 is 4.99. The van der Waals surface area contributed by atoms with Crippen molar-refractivity contribution in [3.05, 3.63) is 45.5 Å². The molecule has 2 aromatic rings. The molecule has 4 nitrogen and oxygen atoms in total. The molecule has 0 radical (unpaired) electrons. The van der Waals surface area contributed by atoms with Gasteiger partial charge in [0.05, 0.1) is 17.9 Å². The summed E-state index contributed by atoms with van der Waals surface area (Å²) in [6, 6.07) is 5.48. The fraction of sp³-hybridized carbons (Fsp3) is 0.400. The lowest BCUT2D eigenvalue weighted by Crippen LogP contribution is -2.36. The summed E-state index contributed by atoms with van der Waals surface area (Å²) in [5.74, 6) is -0.116. The van der Waals surface area contributed by atoms with Crippen LogP contribution < -0.4 is 0 Å². The third-order valence-corrected chi connectivity index (χ3v) is 5.12. The maximum absolute atomic E-state index is 12.5. The number of furan rings is 1. The van der Waals surface area contributed by atoms with Gasteiger partial charge in [0.25, 0.3) is 5.91 Å². The van der Waals surface area contributed by atoms with Crippen LogP contribution in [0, 0.1) is 0 Å². The van der Waals surface area contributed by atoms with E-state index in [9.17, 15) is 9.90 Å². The van der Waals surface area contributed by atoms with E-state index in [1.807, 2.05) is 17.5 Å². The maximum Gasteiger partial charge on any atom is 0.258 e. The smallest absolute Gasteiger partial charge is 0.258 e. The van der Waals surface area contributed by atoms with Gasteiger partial charge in [-0.3, -0.25) is 4.79 Å². The molecule has 0 unspecified atom stereocenters. The Bertz CT molecular complexity index is 610. The first-order valence-electron chi connectivity index (χ1n) is 6.92. The standard InChI is InChI=1S/C15H16ClNO3S/c16-14-11(5-7-20-14)15(19)17-6-1-3-10(17)9-12(18)13-4-2-8-21-13/h2,4-5,7-8,10,12,18H,1,3,6,9H2/t10-,12-/m1/s1. The van der Waals surface area contributed by atoms with E-state index in [-0.39, 0.29) is 17.2 Å². The van der Waals surface area contributed by atoms with Gasteiger partial charge < -0.3 is 14.4 Å². The van der Waals surface area contributed by atoms with Gasteiger partial charge in [0.1, 0.15) is 0 Å². The van der Waals surface area contributed by atoms with Crippen molar-refractivity contribution in [2.24, 2.45) is 0 Å². The molecule has 0 aliphatic carbocycles. The highest BCUT2D eigenvalue weighted by molar-refractivity contribution is 7.10. The Kier molecular flexibility index (Phi) is 4.33. The van der Waals surface area contributed by atoms with Gasteiger partial charge in [-0.15, -0.1) is 11.3 Å². The van der Waals surface area contributed by atoms with E-state index in [4.69, 9.17) is 16.0 Å². The lowest BCUT2D eigenvalue weighted by atomic mass is 10.1. The van der Waals surface area contributed by atoms with Crippen molar-refractivity contribution in [2.45, 2.75) is 31.4 Å². The number of hydrogen-bond acceptors (Lipinski definition) is 4. The molecule has 6 heteroatoms. The van der Waals surface area contributed by atoms with Crippen molar-refractivity contribution >= 4 is 28.8 Å². The summed E-state index contributed by atoms with van der Waals surface area (Å²) in [5.41, 5.74) is 0.397. The number of rotatable bonds is 4. The minimum atomic E-state index is -0.525. The summed E-state index contributed by atoms with van der Waals surface area (Å²) in [5, 5.41) is 12.4. The summed E-state index contributed by atoms with van der Waals surface area (Å²) in [7, 11) is 0. The van der Waals surface area contributed by atoms with E-state index < -0.39 is 6.10 Å². The third kappa shape index (κ3) is 3.00. The van der Waals surface area contributed by atoms with Crippen molar-refractivity contribution in [1.82, 2.24) is 4.90 Å². The van der Waals surface area contributed by atoms with Crippen LogP contribution >= 0.6 is 22.9 Å². The van der Waals surface area contributed by atoms with E-state index in [1.54, 1.807) is 11.0 Å². The van der Waals surface area contributed by atoms with Gasteiger partial charge >= 0.3 is 0 Å². The molecule has 1 saturated heterocycles. The minimum absolute atomic E-state index is 0.0422. The van der Waals surface area contributed by atoms with E-state index >= 15 is 0 Å². The number of carbonyl (C=O) groups is 1. The van der Waals surface area contributed by atoms with E-state index in [1.165, 1.54) is 17.6 Å². The molecular formula is C15H16ClNO3S. The largest absolute Gasteiger partial charge is 0.452 e. The molecule has 1 aliphatic heterocycles. The normalized spacial score (nSPS) is 19.9. The fourth-order valence-electron chi connectivity index (χ4n) is 2.80. The second-order valence-corrected chi connectivity index (χ2v) is 6.49. The quantitative estimate of drug-likeness (QED) is 0.932. The Balaban J connectivity index is 1.71. The average Bonchev–Trinajstić information content (AvgIpc) is 3.19. The molecule has 2 atom stereocenters. The highest BCUT2D eigenvalue weighted by atomic mass is 35.5. The molecule has 112 valence electrons. The Morgan fingerprint density at radius 3 is 3.10 bits per heavy atom. The predicted molar refractivity (Wildman–Crippen MR) is 81.7 cm³/mol. The molecule has 1 aliphatic rings. The number of hydrogen-bond donors (Lipinski definition) is 1. The number of likely N-dealkylation sites (tertiary alicyclic amines) is 1. The van der Waals surface area contributed by atoms with Gasteiger partial charge in [-0.05, 0) is 48.4 Å². The Labute approximate surface area is 131 Å². The van der Waals surface area contributed by atoms with Crippen LogP contribution in [0.1, 0.15) is 40.6 Å². The number of halogens is 1. The molecule has 0 saturated carbocycles. The zero-order valence-corrected chi connectivity index (χ0v) is 12.9. The van der Waals surface area contributed by atoms with Gasteiger partial charge in [0.15, 0.2) is 0 Å². The zero-order valence-electron chi connectivity index (χ0n) is 11.4. The van der Waals surface area contributed by atoms with Crippen molar-refractivity contribution in [2.75, 3.05) is 6.54 Å². The summed E-state index contributed by atoms with van der Waals surface area (Å²) >= 11 is 7.42. The molecule has 0 spiro atoms. The van der Waals surface area contributed by atoms with Gasteiger partial charge in [-0.2, -0.15) is 0 Å². The molecule has 1 fully saturated rings. The monoisotopic (exact) mass is 325 g/mol. The lowest BCUT2D eigenvalue weighted by molar-refractivity contribution is 0.0669. The second-order valence-electron chi connectivity index (χ2n) is 5.17. The number of thiophene rings is 1. The molecule has 0 bridgehead atoms. The van der Waals surface area contributed by atoms with Gasteiger partial charge in [-0.25, -0.2) is 0 Å². The third-order valence-electron chi connectivity index (χ3n) is 3.85. The van der Waals surface area contributed by atoms with Crippen LogP contribution in [0.4, 0.5) is 0 Å². The van der Waals surface area contributed by atoms with Gasteiger partial charge in [0, 0.05) is 17.5 Å². The van der Waals surface area contributed by atoms with Crippen LogP contribution in [-0.4, -0.2) is 28.5 Å². The van der Waals surface area contributed by atoms with Crippen LogP contribution in [0.2, 0.25) is 5.22 Å². The Morgan fingerprint density at radius 1 is 1.57 bits per heavy atom. The number of aliphatic hydroxyl groups is 1. The summed E-state index contributed by atoms with van der Waals surface area (Å²) in [6.07, 6.45) is 3.30. The van der Waals surface area contributed by atoms with E-state index in [0.717, 1.165) is 17.7 Å². The first-order chi connectivity index (χ1) is 10.2. The maximum atomic E-state index is 12.5. The minimum Gasteiger partial charge on any atom is -0.452 e. The SMILES string of the molecule is O=C(c1ccoc1Cl)N1CCC[C@@H]1C[C@@H](O)c1cccs1. The van der Waals surface area contributed by atoms with E-state index in [2.05, 4.69) is 0 Å². The molecule has 2 aromatic heterocycles. The van der Waals surface area contributed by atoms with Crippen LogP contribution in [0.5, 0.6) is 0 Å². The van der Waals surface area contributed by atoms with Crippen molar-refractivity contribution in [3.8, 4) is 0 Å². The van der Waals surface area contributed by atoms with Crippen LogP contribution in [0.15, 0.2) is 34.3 Å². The van der Waals surface area contributed by atoms with E-state index in [0.29, 0.717) is 18.5 Å². The molecular weight excluding hydrogens is 310 g/mol. The highest BCUT2D eigenvalue weighted by Gasteiger charge is 2.32. The number of carbonyl (C=O) groups excluding carboxylic acids is 1. The fourth-order valence-corrected chi connectivity index (χ4v) is 3.72. The lowest BCUT2D eigenvalue weighted by Gasteiger charge is -2.26. The van der Waals surface area contributed by atoms with Gasteiger partial charge in [-0.1, -0.05) is 6.07 Å². The van der Waals surface area contributed by atoms with Gasteiger partial charge in [0.2, 0.25) is 5.22 Å². The van der Waals surface area contributed by atoms with Crippen molar-refractivity contribution in [3.63, 3.8) is 0 Å². The summed E-state index contributed by atoms with van der Waals surface area (Å²) in [6.45, 7) is 0.697. The molecule has 3 rings (SSSR count). The molecule has 21 heavy (non-hydrogen) atoms. The Hall–Kier alpha value is -1.30. The number of nitrogens with zero attached hydrogens (tertiary/aromatic N) is 1. The summed E-state index contributed by atoms with van der Waals surface area (Å²) in [4.78, 5) is 15.2. The van der Waals surface area contributed by atoms with Crippen LogP contribution in [0.25, 0.3) is 0 Å². The van der Waals surface area contributed by atoms with Crippen molar-refractivity contribution < 1.29 is 14.3 Å². The Morgan fingerprint density at radius 2 is 2.43 bits per heavy atom. The van der Waals surface area contributed by atoms with Crippen LogP contribution in [0.3, 0.4) is 0 Å². The highest BCUT2D eigenvalue weighted by Crippen LogP contribution is 2.31. The number of aliphatic hydroxyl groups excluding tert-OH is 1. The first-order valence-corrected chi connectivity index (χ1v) is 8.18. The van der Waals surface area contributed by atoms with Crippen LogP contribution in [-0.2, 0) is 0 Å². The van der Waals surface area contributed by atoms with Crippen molar-refractivity contribution in [1.29, 1.82) is 0 Å². The average molecular weight is 326 g/mol. The molecule has 3 heterocycles. The topological polar surface area (TPSA) is 53.7 Å². The predicted octanol–water partition coefficient (Wildman–Crippen LogP) is 3.72. The molecule has 1 amide bonds. The molecule has 1 N–H and O–H groups in total. The second kappa shape index (κ2) is 6.22.